The van der Waals surface area contributed by atoms with Crippen LogP contribution in [-0.2, 0) is 9.59 Å². The second-order valence-electron chi connectivity index (χ2n) is 5.06. The molecule has 0 saturated carbocycles. The van der Waals surface area contributed by atoms with Gasteiger partial charge in [-0.1, -0.05) is 29.1 Å². The first kappa shape index (κ1) is 22.5. The molecule has 0 heterocycles. The van der Waals surface area contributed by atoms with E-state index in [-0.39, 0.29) is 5.91 Å². The summed E-state index contributed by atoms with van der Waals surface area (Å²) in [6.07, 6.45) is 6.79. The highest BCUT2D eigenvalue weighted by Crippen LogP contribution is 2.19. The number of rotatable bonds is 4. The second kappa shape index (κ2) is 10.4. The molecule has 0 fully saturated rings. The van der Waals surface area contributed by atoms with E-state index in [4.69, 9.17) is 34.7 Å². The lowest BCUT2D eigenvalue weighted by Gasteiger charge is -2.19. The molecular weight excluding hydrogens is 369 g/mol. The Bertz CT molecular complexity index is 704. The third kappa shape index (κ3) is 10.0. The topological polar surface area (TPSA) is 122 Å². The fourth-order valence-corrected chi connectivity index (χ4v) is 1.80. The Hall–Kier alpha value is -2.53. The summed E-state index contributed by atoms with van der Waals surface area (Å²) in [4.78, 5) is 31.6. The van der Waals surface area contributed by atoms with E-state index in [2.05, 4.69) is 17.1 Å². The van der Waals surface area contributed by atoms with Crippen molar-refractivity contribution in [2.45, 2.75) is 19.4 Å². The van der Waals surface area contributed by atoms with Crippen LogP contribution in [-0.4, -0.2) is 28.4 Å². The van der Waals surface area contributed by atoms with Crippen molar-refractivity contribution >= 4 is 41.0 Å². The summed E-state index contributed by atoms with van der Waals surface area (Å²) in [5, 5.41) is 11.5. The molecule has 7 nitrogen and oxygen atoms in total. The smallest absolute Gasteiger partial charge is 0.328 e. The van der Waals surface area contributed by atoms with Crippen molar-refractivity contribution in [3.05, 3.63) is 46.0 Å². The molecule has 134 valence electrons. The number of nitrogens with two attached hydrogens (primary N) is 1. The Labute approximate surface area is 155 Å². The zero-order valence-electron chi connectivity index (χ0n) is 13.5. The van der Waals surface area contributed by atoms with Gasteiger partial charge in [0.05, 0.1) is 5.54 Å². The van der Waals surface area contributed by atoms with Gasteiger partial charge in [-0.3, -0.25) is 15.0 Å². The molecule has 0 spiro atoms. The number of terminal acetylenes is 1. The standard InChI is InChI=1S/C12H11Cl2NO.C4H6N2O3/c1-4-12(2,3)15-11(16)8-5-9(13)7-10(14)6-8;5-6-3(7)1-2-4(8)9/h1,5-7H,2-3H3,(H,15,16);1-2H,5H2,(H,6,7)(H,8,9)/b;2-1-. The Balaban J connectivity index is 0.000000547. The molecule has 0 atom stereocenters. The average Bonchev–Trinajstić information content (AvgIpc) is 2.51. The monoisotopic (exact) mass is 385 g/mol. The minimum absolute atomic E-state index is 0.299. The zero-order valence-corrected chi connectivity index (χ0v) is 15.0. The van der Waals surface area contributed by atoms with Crippen LogP contribution in [0.15, 0.2) is 30.4 Å². The lowest BCUT2D eigenvalue weighted by Crippen LogP contribution is -2.42. The van der Waals surface area contributed by atoms with E-state index in [0.717, 1.165) is 6.08 Å². The number of benzene rings is 1. The second-order valence-corrected chi connectivity index (χ2v) is 5.93. The minimum Gasteiger partial charge on any atom is -0.478 e. The van der Waals surface area contributed by atoms with Crippen LogP contribution in [0.4, 0.5) is 0 Å². The number of carbonyl (C=O) groups is 3. The van der Waals surface area contributed by atoms with E-state index >= 15 is 0 Å². The van der Waals surface area contributed by atoms with Crippen molar-refractivity contribution in [3.8, 4) is 12.3 Å². The third-order valence-corrected chi connectivity index (χ3v) is 2.87. The predicted octanol–water partition coefficient (Wildman–Crippen LogP) is 1.75. The van der Waals surface area contributed by atoms with Crippen LogP contribution < -0.4 is 16.6 Å². The number of hydrazine groups is 1. The average molecular weight is 386 g/mol. The van der Waals surface area contributed by atoms with Crippen LogP contribution in [0.25, 0.3) is 0 Å². The van der Waals surface area contributed by atoms with Gasteiger partial charge in [-0.25, -0.2) is 10.6 Å². The van der Waals surface area contributed by atoms with Crippen molar-refractivity contribution in [2.75, 3.05) is 0 Å². The van der Waals surface area contributed by atoms with Gasteiger partial charge in [0, 0.05) is 27.8 Å². The van der Waals surface area contributed by atoms with Gasteiger partial charge < -0.3 is 10.4 Å². The van der Waals surface area contributed by atoms with Crippen LogP contribution in [0.3, 0.4) is 0 Å². The van der Waals surface area contributed by atoms with Crippen molar-refractivity contribution in [2.24, 2.45) is 5.84 Å². The number of carboxylic acid groups (broad SMARTS) is 1. The Kier molecular flexibility index (Phi) is 9.31. The van der Waals surface area contributed by atoms with Crippen LogP contribution >= 0.6 is 23.2 Å². The molecule has 0 saturated heterocycles. The maximum absolute atomic E-state index is 11.8. The molecule has 1 aromatic carbocycles. The highest BCUT2D eigenvalue weighted by Gasteiger charge is 2.18. The normalized spacial score (nSPS) is 10.2. The Morgan fingerprint density at radius 1 is 1.20 bits per heavy atom. The molecule has 0 radical (unpaired) electrons. The van der Waals surface area contributed by atoms with Gasteiger partial charge >= 0.3 is 5.97 Å². The van der Waals surface area contributed by atoms with E-state index in [1.165, 1.54) is 12.1 Å². The number of amides is 2. The highest BCUT2D eigenvalue weighted by atomic mass is 35.5. The summed E-state index contributed by atoms with van der Waals surface area (Å²) in [6.45, 7) is 3.47. The van der Waals surface area contributed by atoms with E-state index in [9.17, 15) is 14.4 Å². The van der Waals surface area contributed by atoms with Crippen molar-refractivity contribution < 1.29 is 19.5 Å². The van der Waals surface area contributed by atoms with Gasteiger partial charge in [-0.05, 0) is 32.0 Å². The fourth-order valence-electron chi connectivity index (χ4n) is 1.27. The number of halogens is 2. The number of nitrogens with one attached hydrogen (secondary N) is 2. The van der Waals surface area contributed by atoms with Gasteiger partial charge in [-0.2, -0.15) is 0 Å². The highest BCUT2D eigenvalue weighted by molar-refractivity contribution is 6.35. The zero-order chi connectivity index (χ0) is 19.6. The molecule has 0 bridgehead atoms. The summed E-state index contributed by atoms with van der Waals surface area (Å²) < 4.78 is 0. The summed E-state index contributed by atoms with van der Waals surface area (Å²) in [7, 11) is 0. The van der Waals surface area contributed by atoms with Crippen LogP contribution in [0.1, 0.15) is 24.2 Å². The molecule has 0 aliphatic heterocycles. The number of aliphatic carboxylic acids is 1. The maximum atomic E-state index is 11.8. The number of carboxylic acids is 1. The van der Waals surface area contributed by atoms with E-state index in [1.807, 2.05) is 0 Å². The summed E-state index contributed by atoms with van der Waals surface area (Å²) in [6, 6.07) is 4.64. The number of carbonyl (C=O) groups excluding carboxylic acids is 2. The SMILES string of the molecule is C#CC(C)(C)NC(=O)c1cc(Cl)cc(Cl)c1.NNC(=O)/C=C\C(=O)O. The van der Waals surface area contributed by atoms with Crippen LogP contribution in [0.2, 0.25) is 10.0 Å². The van der Waals surface area contributed by atoms with Gasteiger partial charge in [0.2, 0.25) is 0 Å². The number of hydrogen-bond donors (Lipinski definition) is 4. The quantitative estimate of drug-likeness (QED) is 0.207. The van der Waals surface area contributed by atoms with Gasteiger partial charge in [0.25, 0.3) is 11.8 Å². The molecule has 25 heavy (non-hydrogen) atoms. The molecule has 1 rings (SSSR count). The molecule has 0 aromatic heterocycles. The summed E-state index contributed by atoms with van der Waals surface area (Å²) >= 11 is 11.6. The molecule has 0 unspecified atom stereocenters. The summed E-state index contributed by atoms with van der Waals surface area (Å²) in [5.74, 6) is 4.97. The lowest BCUT2D eigenvalue weighted by atomic mass is 10.1. The van der Waals surface area contributed by atoms with Gasteiger partial charge in [0.1, 0.15) is 0 Å². The minimum atomic E-state index is -1.18. The van der Waals surface area contributed by atoms with E-state index < -0.39 is 17.4 Å². The molecule has 0 aliphatic carbocycles. The summed E-state index contributed by atoms with van der Waals surface area (Å²) in [5.41, 5.74) is 1.42. The first-order valence-electron chi connectivity index (χ1n) is 6.68. The van der Waals surface area contributed by atoms with Gasteiger partial charge in [0.15, 0.2) is 0 Å². The molecule has 1 aromatic rings. The van der Waals surface area contributed by atoms with Crippen molar-refractivity contribution in [1.29, 1.82) is 0 Å². The maximum Gasteiger partial charge on any atom is 0.328 e. The molecular formula is C16H17Cl2N3O4. The lowest BCUT2D eigenvalue weighted by molar-refractivity contribution is -0.131. The molecule has 9 heteroatoms. The fraction of sp³-hybridized carbons (Fsp3) is 0.188. The first-order chi connectivity index (χ1) is 11.5. The molecule has 0 aliphatic rings. The Morgan fingerprint density at radius 2 is 1.72 bits per heavy atom. The van der Waals surface area contributed by atoms with Crippen molar-refractivity contribution in [3.63, 3.8) is 0 Å². The third-order valence-electron chi connectivity index (χ3n) is 2.43. The van der Waals surface area contributed by atoms with Crippen LogP contribution in [0.5, 0.6) is 0 Å². The molecule has 2 amide bonds. The Morgan fingerprint density at radius 3 is 2.12 bits per heavy atom. The van der Waals surface area contributed by atoms with E-state index in [1.54, 1.807) is 25.3 Å². The van der Waals surface area contributed by atoms with Crippen molar-refractivity contribution in [1.82, 2.24) is 10.7 Å². The van der Waals surface area contributed by atoms with Gasteiger partial charge in [-0.15, -0.1) is 6.42 Å². The number of hydrogen-bond acceptors (Lipinski definition) is 4. The molecule has 5 N–H and O–H groups in total. The van der Waals surface area contributed by atoms with E-state index in [0.29, 0.717) is 21.7 Å². The first-order valence-corrected chi connectivity index (χ1v) is 7.44. The van der Waals surface area contributed by atoms with Crippen LogP contribution in [0, 0.1) is 12.3 Å². The largest absolute Gasteiger partial charge is 0.478 e. The predicted molar refractivity (Wildman–Crippen MR) is 95.9 cm³/mol.